The maximum atomic E-state index is 12.7. The Morgan fingerprint density at radius 3 is 2.09 bits per heavy atom. The molecule has 0 radical (unpaired) electrons. The van der Waals surface area contributed by atoms with Gasteiger partial charge in [0.1, 0.15) is 6.54 Å². The van der Waals surface area contributed by atoms with E-state index in [-0.39, 0.29) is 30.3 Å². The summed E-state index contributed by atoms with van der Waals surface area (Å²) in [6.07, 6.45) is 0.379. The molecular formula is C26H34N4O3. The van der Waals surface area contributed by atoms with Crippen LogP contribution in [0, 0.1) is 6.92 Å². The second kappa shape index (κ2) is 11.0. The number of nitrogens with zero attached hydrogens (tertiary/aromatic N) is 3. The zero-order valence-electron chi connectivity index (χ0n) is 20.0. The van der Waals surface area contributed by atoms with Crippen molar-refractivity contribution in [3.8, 4) is 0 Å². The molecule has 2 aromatic rings. The minimum absolute atomic E-state index is 0.0258. The molecule has 3 rings (SSSR count). The third kappa shape index (κ3) is 6.34. The second-order valence-corrected chi connectivity index (χ2v) is 8.71. The Balaban J connectivity index is 1.52. The smallest absolute Gasteiger partial charge is 0.253 e. The number of anilines is 2. The van der Waals surface area contributed by atoms with E-state index in [1.54, 1.807) is 11.8 Å². The maximum Gasteiger partial charge on any atom is 0.253 e. The molecule has 7 nitrogen and oxygen atoms in total. The van der Waals surface area contributed by atoms with Crippen LogP contribution in [-0.4, -0.2) is 66.3 Å². The lowest BCUT2D eigenvalue weighted by Gasteiger charge is -2.36. The van der Waals surface area contributed by atoms with Crippen molar-refractivity contribution in [2.45, 2.75) is 40.2 Å². The molecule has 0 atom stereocenters. The summed E-state index contributed by atoms with van der Waals surface area (Å²) in [5.74, 6) is -0.165. The molecule has 2 aromatic carbocycles. The van der Waals surface area contributed by atoms with Crippen LogP contribution in [0.2, 0.25) is 0 Å². The molecule has 0 unspecified atom stereocenters. The molecule has 0 saturated carbocycles. The van der Waals surface area contributed by atoms with Crippen LogP contribution in [0.3, 0.4) is 0 Å². The number of hydrogen-bond donors (Lipinski definition) is 1. The van der Waals surface area contributed by atoms with Crippen LogP contribution in [0.4, 0.5) is 11.4 Å². The van der Waals surface area contributed by atoms with Gasteiger partial charge in [0.15, 0.2) is 0 Å². The van der Waals surface area contributed by atoms with Crippen LogP contribution < -0.4 is 10.2 Å². The van der Waals surface area contributed by atoms with Gasteiger partial charge >= 0.3 is 0 Å². The Hall–Kier alpha value is -3.35. The predicted octanol–water partition coefficient (Wildman–Crippen LogP) is 3.54. The molecule has 0 aromatic heterocycles. The average molecular weight is 451 g/mol. The molecule has 1 heterocycles. The minimum atomic E-state index is -0.207. The van der Waals surface area contributed by atoms with Gasteiger partial charge in [0.2, 0.25) is 11.8 Å². The van der Waals surface area contributed by atoms with E-state index in [1.165, 1.54) is 0 Å². The van der Waals surface area contributed by atoms with Gasteiger partial charge in [-0.3, -0.25) is 14.4 Å². The maximum absolute atomic E-state index is 12.7. The van der Waals surface area contributed by atoms with Crippen LogP contribution in [0.25, 0.3) is 0 Å². The summed E-state index contributed by atoms with van der Waals surface area (Å²) in [5, 5.41) is 2.88. The van der Waals surface area contributed by atoms with Crippen molar-refractivity contribution in [2.24, 2.45) is 0 Å². The fourth-order valence-corrected chi connectivity index (χ4v) is 3.92. The van der Waals surface area contributed by atoms with Gasteiger partial charge in [-0.1, -0.05) is 24.6 Å². The van der Waals surface area contributed by atoms with E-state index < -0.39 is 0 Å². The largest absolute Gasteiger partial charge is 0.368 e. The first-order chi connectivity index (χ1) is 15.8. The number of nitrogens with one attached hydrogen (secondary N) is 1. The summed E-state index contributed by atoms with van der Waals surface area (Å²) in [6, 6.07) is 15.4. The zero-order valence-corrected chi connectivity index (χ0v) is 20.0. The topological polar surface area (TPSA) is 73.0 Å². The molecule has 0 aliphatic carbocycles. The fourth-order valence-electron chi connectivity index (χ4n) is 3.92. The summed E-state index contributed by atoms with van der Waals surface area (Å²) in [5.41, 5.74) is 3.62. The van der Waals surface area contributed by atoms with Gasteiger partial charge in [0.25, 0.3) is 5.91 Å². The van der Waals surface area contributed by atoms with E-state index in [4.69, 9.17) is 0 Å². The van der Waals surface area contributed by atoms with E-state index >= 15 is 0 Å². The summed E-state index contributed by atoms with van der Waals surface area (Å²) < 4.78 is 0. The first kappa shape index (κ1) is 24.3. The number of hydrogen-bond acceptors (Lipinski definition) is 4. The summed E-state index contributed by atoms with van der Waals surface area (Å²) >= 11 is 0. The Kier molecular flexibility index (Phi) is 8.09. The molecule has 33 heavy (non-hydrogen) atoms. The summed E-state index contributed by atoms with van der Waals surface area (Å²) in [7, 11) is 0. The Morgan fingerprint density at radius 2 is 1.55 bits per heavy atom. The van der Waals surface area contributed by atoms with Crippen molar-refractivity contribution in [1.29, 1.82) is 0 Å². The van der Waals surface area contributed by atoms with Crippen molar-refractivity contribution >= 4 is 29.1 Å². The normalized spacial score (nSPS) is 13.7. The lowest BCUT2D eigenvalue weighted by Crippen LogP contribution is -2.48. The Labute approximate surface area is 196 Å². The van der Waals surface area contributed by atoms with Gasteiger partial charge < -0.3 is 20.0 Å². The van der Waals surface area contributed by atoms with Crippen molar-refractivity contribution in [3.63, 3.8) is 0 Å². The number of piperazine rings is 1. The van der Waals surface area contributed by atoms with Gasteiger partial charge in [-0.05, 0) is 57.2 Å². The number of carbonyl (C=O) groups excluding carboxylic acids is 3. The highest BCUT2D eigenvalue weighted by molar-refractivity contribution is 5.95. The summed E-state index contributed by atoms with van der Waals surface area (Å²) in [4.78, 5) is 42.9. The monoisotopic (exact) mass is 450 g/mol. The van der Waals surface area contributed by atoms with Crippen molar-refractivity contribution in [2.75, 3.05) is 42.9 Å². The molecule has 0 spiro atoms. The molecule has 1 aliphatic heterocycles. The van der Waals surface area contributed by atoms with Gasteiger partial charge in [-0.25, -0.2) is 0 Å². The third-order valence-electron chi connectivity index (χ3n) is 5.94. The van der Waals surface area contributed by atoms with Gasteiger partial charge in [0.05, 0.1) is 0 Å². The van der Waals surface area contributed by atoms with E-state index in [1.807, 2.05) is 74.2 Å². The molecule has 1 fully saturated rings. The van der Waals surface area contributed by atoms with Gasteiger partial charge in [-0.2, -0.15) is 0 Å². The third-order valence-corrected chi connectivity index (χ3v) is 5.94. The van der Waals surface area contributed by atoms with Crippen molar-refractivity contribution in [3.05, 3.63) is 59.7 Å². The highest BCUT2D eigenvalue weighted by atomic mass is 16.2. The SMILES string of the molecule is CCC(=O)N(CC(=O)Nc1ccc(N2CCN(C(=O)c3ccc(C)cc3)CC2)cc1)C(C)C. The first-order valence-corrected chi connectivity index (χ1v) is 11.6. The summed E-state index contributed by atoms with van der Waals surface area (Å²) in [6.45, 7) is 10.5. The predicted molar refractivity (Wildman–Crippen MR) is 132 cm³/mol. The van der Waals surface area contributed by atoms with E-state index in [9.17, 15) is 14.4 Å². The van der Waals surface area contributed by atoms with Crippen LogP contribution >= 0.6 is 0 Å². The number of carbonyl (C=O) groups is 3. The molecule has 1 saturated heterocycles. The Bertz CT molecular complexity index is 962. The lowest BCUT2D eigenvalue weighted by molar-refractivity contribution is -0.136. The van der Waals surface area contributed by atoms with E-state index in [0.717, 1.165) is 29.9 Å². The lowest BCUT2D eigenvalue weighted by atomic mass is 10.1. The standard InChI is InChI=1S/C26H34N4O3/c1-5-25(32)30(19(2)3)18-24(31)27-22-10-12-23(13-11-22)28-14-16-29(17-15-28)26(33)21-8-6-20(4)7-9-21/h6-13,19H,5,14-18H2,1-4H3,(H,27,31). The molecule has 1 aliphatic rings. The van der Waals surface area contributed by atoms with Crippen LogP contribution in [0.15, 0.2) is 48.5 Å². The van der Waals surface area contributed by atoms with Gasteiger partial charge in [0, 0.05) is 55.6 Å². The quantitative estimate of drug-likeness (QED) is 0.700. The first-order valence-electron chi connectivity index (χ1n) is 11.6. The average Bonchev–Trinajstić information content (AvgIpc) is 2.82. The van der Waals surface area contributed by atoms with E-state index in [0.29, 0.717) is 25.2 Å². The highest BCUT2D eigenvalue weighted by Gasteiger charge is 2.22. The van der Waals surface area contributed by atoms with Crippen molar-refractivity contribution in [1.82, 2.24) is 9.80 Å². The highest BCUT2D eigenvalue weighted by Crippen LogP contribution is 2.20. The van der Waals surface area contributed by atoms with Crippen LogP contribution in [0.1, 0.15) is 43.1 Å². The molecule has 1 N–H and O–H groups in total. The number of rotatable bonds is 7. The second-order valence-electron chi connectivity index (χ2n) is 8.71. The van der Waals surface area contributed by atoms with Crippen LogP contribution in [0.5, 0.6) is 0 Å². The van der Waals surface area contributed by atoms with E-state index in [2.05, 4.69) is 10.2 Å². The molecule has 176 valence electrons. The minimum Gasteiger partial charge on any atom is -0.368 e. The Morgan fingerprint density at radius 1 is 0.939 bits per heavy atom. The van der Waals surface area contributed by atoms with Crippen molar-refractivity contribution < 1.29 is 14.4 Å². The zero-order chi connectivity index (χ0) is 24.0. The molecule has 0 bridgehead atoms. The number of amides is 3. The van der Waals surface area contributed by atoms with Gasteiger partial charge in [-0.15, -0.1) is 0 Å². The number of benzene rings is 2. The molecule has 3 amide bonds. The molecular weight excluding hydrogens is 416 g/mol. The molecule has 7 heteroatoms. The van der Waals surface area contributed by atoms with Crippen LogP contribution in [-0.2, 0) is 9.59 Å². The fraction of sp³-hybridized carbons (Fsp3) is 0.423. The number of aryl methyl sites for hydroxylation is 1.